The molecule has 0 unspecified atom stereocenters. The van der Waals surface area contributed by atoms with Gasteiger partial charge in [-0.3, -0.25) is 13.9 Å². The van der Waals surface area contributed by atoms with Gasteiger partial charge in [-0.05, 0) is 54.7 Å². The Balaban J connectivity index is 1.59. The van der Waals surface area contributed by atoms with Crippen molar-refractivity contribution < 1.29 is 27.1 Å². The molecule has 0 spiro atoms. The number of rotatable bonds is 14. The molecule has 0 aromatic heterocycles. The van der Waals surface area contributed by atoms with E-state index in [1.165, 1.54) is 23.5 Å². The van der Waals surface area contributed by atoms with E-state index in [9.17, 15) is 22.4 Å². The van der Waals surface area contributed by atoms with Gasteiger partial charge in [0.2, 0.25) is 21.8 Å². The molecule has 0 radical (unpaired) electrons. The van der Waals surface area contributed by atoms with Gasteiger partial charge >= 0.3 is 0 Å². The molecule has 1 saturated carbocycles. The topological polar surface area (TPSA) is 96.0 Å². The summed E-state index contributed by atoms with van der Waals surface area (Å²) in [6.45, 7) is 0.157. The maximum absolute atomic E-state index is 14.0. The summed E-state index contributed by atoms with van der Waals surface area (Å²) in [6.07, 6.45) is 5.55. The smallest absolute Gasteiger partial charge is 0.243 e. The first-order chi connectivity index (χ1) is 20.7. The van der Waals surface area contributed by atoms with Crippen molar-refractivity contribution in [3.8, 4) is 5.75 Å². The van der Waals surface area contributed by atoms with Gasteiger partial charge in [0.1, 0.15) is 17.6 Å². The lowest BCUT2D eigenvalue weighted by Crippen LogP contribution is -2.52. The molecule has 1 fully saturated rings. The van der Waals surface area contributed by atoms with Crippen LogP contribution in [0.2, 0.25) is 0 Å². The number of nitrogens with zero attached hydrogens (tertiary/aromatic N) is 2. The van der Waals surface area contributed by atoms with Crippen LogP contribution in [-0.2, 0) is 32.6 Å². The molecule has 43 heavy (non-hydrogen) atoms. The van der Waals surface area contributed by atoms with Gasteiger partial charge in [-0.2, -0.15) is 0 Å². The summed E-state index contributed by atoms with van der Waals surface area (Å²) in [6, 6.07) is 21.5. The zero-order valence-electron chi connectivity index (χ0n) is 24.7. The normalized spacial score (nSPS) is 14.2. The number of nitrogens with one attached hydrogen (secondary N) is 1. The molecule has 1 N–H and O–H groups in total. The predicted octanol–water partition coefficient (Wildman–Crippen LogP) is 5.08. The molecule has 2 amide bonds. The molecule has 8 nitrogen and oxygen atoms in total. The van der Waals surface area contributed by atoms with Crippen LogP contribution >= 0.6 is 0 Å². The molecular formula is C33H40FN3O5S. The molecule has 3 aromatic carbocycles. The van der Waals surface area contributed by atoms with Gasteiger partial charge in [0.05, 0.1) is 19.1 Å². The highest BCUT2D eigenvalue weighted by atomic mass is 32.2. The van der Waals surface area contributed by atoms with Crippen LogP contribution < -0.4 is 14.4 Å². The summed E-state index contributed by atoms with van der Waals surface area (Å²) in [7, 11) is -2.20. The summed E-state index contributed by atoms with van der Waals surface area (Å²) in [4.78, 5) is 29.3. The zero-order valence-corrected chi connectivity index (χ0v) is 25.6. The van der Waals surface area contributed by atoms with Crippen LogP contribution in [0.15, 0.2) is 78.9 Å². The Bertz CT molecular complexity index is 1460. The van der Waals surface area contributed by atoms with E-state index in [4.69, 9.17) is 4.74 Å². The number of ether oxygens (including phenoxy) is 1. The monoisotopic (exact) mass is 609 g/mol. The van der Waals surface area contributed by atoms with Crippen molar-refractivity contribution in [3.05, 3.63) is 95.8 Å². The quantitative estimate of drug-likeness (QED) is 0.275. The van der Waals surface area contributed by atoms with Gasteiger partial charge in [0, 0.05) is 32.0 Å². The van der Waals surface area contributed by atoms with Crippen LogP contribution in [0, 0.1) is 5.82 Å². The third-order valence-electron chi connectivity index (χ3n) is 7.74. The fourth-order valence-corrected chi connectivity index (χ4v) is 6.50. The van der Waals surface area contributed by atoms with E-state index < -0.39 is 21.9 Å². The average molecular weight is 610 g/mol. The van der Waals surface area contributed by atoms with Crippen molar-refractivity contribution in [2.24, 2.45) is 0 Å². The Morgan fingerprint density at radius 1 is 0.953 bits per heavy atom. The number of carbonyl (C=O) groups is 2. The van der Waals surface area contributed by atoms with Gasteiger partial charge < -0.3 is 15.0 Å². The van der Waals surface area contributed by atoms with Gasteiger partial charge in [-0.15, -0.1) is 0 Å². The number of sulfonamides is 1. The average Bonchev–Trinajstić information content (AvgIpc) is 3.51. The molecule has 1 atom stereocenters. The minimum atomic E-state index is -3.68. The molecule has 0 aliphatic heterocycles. The first-order valence-electron chi connectivity index (χ1n) is 14.6. The van der Waals surface area contributed by atoms with E-state index in [2.05, 4.69) is 5.32 Å². The number of amides is 2. The molecule has 230 valence electrons. The third kappa shape index (κ3) is 9.03. The first kappa shape index (κ1) is 32.0. The highest BCUT2D eigenvalue weighted by molar-refractivity contribution is 7.92. The molecule has 0 saturated heterocycles. The van der Waals surface area contributed by atoms with Crippen LogP contribution in [0.25, 0.3) is 0 Å². The van der Waals surface area contributed by atoms with E-state index >= 15 is 0 Å². The number of carbonyl (C=O) groups excluding carboxylic acids is 2. The van der Waals surface area contributed by atoms with Crippen molar-refractivity contribution in [2.45, 2.75) is 63.6 Å². The maximum Gasteiger partial charge on any atom is 0.243 e. The van der Waals surface area contributed by atoms with E-state index in [0.29, 0.717) is 23.4 Å². The Kier molecular flexibility index (Phi) is 11.2. The van der Waals surface area contributed by atoms with Gasteiger partial charge in [-0.1, -0.05) is 67.4 Å². The third-order valence-corrected chi connectivity index (χ3v) is 8.92. The number of halogens is 1. The minimum Gasteiger partial charge on any atom is -0.495 e. The van der Waals surface area contributed by atoms with Crippen LogP contribution in [0.3, 0.4) is 0 Å². The Labute approximate surface area is 253 Å². The van der Waals surface area contributed by atoms with Crippen molar-refractivity contribution in [1.82, 2.24) is 10.2 Å². The molecule has 0 heterocycles. The Morgan fingerprint density at radius 3 is 2.26 bits per heavy atom. The molecular weight excluding hydrogens is 569 g/mol. The zero-order chi connectivity index (χ0) is 30.8. The summed E-state index contributed by atoms with van der Waals surface area (Å²) >= 11 is 0. The second-order valence-electron chi connectivity index (χ2n) is 11.0. The number of hydrogen-bond acceptors (Lipinski definition) is 5. The summed E-state index contributed by atoms with van der Waals surface area (Å²) in [5.41, 5.74) is 1.99. The number of anilines is 1. The van der Waals surface area contributed by atoms with Gasteiger partial charge in [-0.25, -0.2) is 12.8 Å². The molecule has 3 aromatic rings. The van der Waals surface area contributed by atoms with Crippen LogP contribution in [-0.4, -0.2) is 57.1 Å². The van der Waals surface area contributed by atoms with Crippen LogP contribution in [0.5, 0.6) is 5.75 Å². The van der Waals surface area contributed by atoms with Crippen molar-refractivity contribution in [1.29, 1.82) is 0 Å². The fraction of sp³-hybridized carbons (Fsp3) is 0.394. The highest BCUT2D eigenvalue weighted by Crippen LogP contribution is 2.30. The lowest BCUT2D eigenvalue weighted by molar-refractivity contribution is -0.141. The number of hydrogen-bond donors (Lipinski definition) is 1. The van der Waals surface area contributed by atoms with E-state index in [-0.39, 0.29) is 43.8 Å². The standard InChI is InChI=1S/C33H40FN3O5S/c1-42-31-16-9-8-15-29(31)37(43(2,40)41)22-10-17-32(38)36(24-26-18-20-27(34)21-19-26)30(23-25-11-4-3-5-12-25)33(39)35-28-13-6-7-14-28/h3-5,8-9,11-12,15-16,18-21,28,30H,6-7,10,13-14,17,22-24H2,1-2H3,(H,35,39)/t30-/m0/s1. The molecule has 1 aliphatic carbocycles. The van der Waals surface area contributed by atoms with Crippen LogP contribution in [0.4, 0.5) is 10.1 Å². The first-order valence-corrected chi connectivity index (χ1v) is 16.5. The minimum absolute atomic E-state index is 0.00433. The van der Waals surface area contributed by atoms with E-state index in [0.717, 1.165) is 37.5 Å². The molecule has 10 heteroatoms. The van der Waals surface area contributed by atoms with Crippen LogP contribution in [0.1, 0.15) is 49.7 Å². The summed E-state index contributed by atoms with van der Waals surface area (Å²) in [5, 5.41) is 3.16. The summed E-state index contributed by atoms with van der Waals surface area (Å²) < 4.78 is 45.8. The molecule has 1 aliphatic rings. The number of benzene rings is 3. The Hall–Kier alpha value is -3.92. The van der Waals surface area contributed by atoms with Gasteiger partial charge in [0.15, 0.2) is 0 Å². The van der Waals surface area contributed by atoms with Crippen molar-refractivity contribution >= 4 is 27.5 Å². The van der Waals surface area contributed by atoms with E-state index in [1.54, 1.807) is 41.3 Å². The van der Waals surface area contributed by atoms with Crippen molar-refractivity contribution in [3.63, 3.8) is 0 Å². The fourth-order valence-electron chi connectivity index (χ4n) is 5.53. The number of para-hydroxylation sites is 2. The number of methoxy groups -OCH3 is 1. The molecule has 4 rings (SSSR count). The SMILES string of the molecule is COc1ccccc1N(CCCC(=O)N(Cc1ccc(F)cc1)[C@@H](Cc1ccccc1)C(=O)NC1CCCC1)S(C)(=O)=O. The Morgan fingerprint density at radius 2 is 1.60 bits per heavy atom. The van der Waals surface area contributed by atoms with E-state index in [1.807, 2.05) is 30.3 Å². The molecule has 0 bridgehead atoms. The highest BCUT2D eigenvalue weighted by Gasteiger charge is 2.32. The lowest BCUT2D eigenvalue weighted by Gasteiger charge is -2.33. The second kappa shape index (κ2) is 15.0. The predicted molar refractivity (Wildman–Crippen MR) is 166 cm³/mol. The second-order valence-corrected chi connectivity index (χ2v) is 12.9. The van der Waals surface area contributed by atoms with Gasteiger partial charge in [0.25, 0.3) is 0 Å². The lowest BCUT2D eigenvalue weighted by atomic mass is 10.0. The van der Waals surface area contributed by atoms with Crippen molar-refractivity contribution in [2.75, 3.05) is 24.2 Å². The maximum atomic E-state index is 14.0. The summed E-state index contributed by atoms with van der Waals surface area (Å²) in [5.74, 6) is -0.499. The largest absolute Gasteiger partial charge is 0.495 e.